The third kappa shape index (κ3) is 4.63. The Labute approximate surface area is 109 Å². The van der Waals surface area contributed by atoms with E-state index in [2.05, 4.69) is 5.32 Å². The molecule has 1 aromatic rings. The van der Waals surface area contributed by atoms with E-state index in [1.54, 1.807) is 19.1 Å². The van der Waals surface area contributed by atoms with Crippen LogP contribution in [0.25, 0.3) is 0 Å². The summed E-state index contributed by atoms with van der Waals surface area (Å²) < 4.78 is 4.84. The highest BCUT2D eigenvalue weighted by Gasteiger charge is 2.12. The second-order valence-corrected chi connectivity index (χ2v) is 3.41. The van der Waals surface area contributed by atoms with Crippen LogP contribution in [0, 0.1) is 0 Å². The second-order valence-electron chi connectivity index (χ2n) is 3.41. The molecule has 0 saturated heterocycles. The molecule has 0 spiro atoms. The predicted octanol–water partition coefficient (Wildman–Crippen LogP) is 0.108. The molecule has 0 aromatic heterocycles. The molecule has 0 fully saturated rings. The van der Waals surface area contributed by atoms with Crippen LogP contribution in [0.5, 0.6) is 0 Å². The van der Waals surface area contributed by atoms with E-state index in [0.29, 0.717) is 6.08 Å². The lowest BCUT2D eigenvalue weighted by Crippen LogP contribution is -2.20. The van der Waals surface area contributed by atoms with Crippen molar-refractivity contribution in [3.8, 4) is 0 Å². The van der Waals surface area contributed by atoms with Gasteiger partial charge in [0.25, 0.3) is 0 Å². The third-order valence-electron chi connectivity index (χ3n) is 2.05. The lowest BCUT2D eigenvalue weighted by Gasteiger charge is -2.08. The molecule has 1 N–H and O–H groups in total. The number of aliphatic carboxylic acids is 1. The van der Waals surface area contributed by atoms with Crippen molar-refractivity contribution in [3.63, 3.8) is 0 Å². The Bertz CT molecular complexity index is 522. The fraction of sp³-hybridized carbons (Fsp3) is 0.154. The summed E-state index contributed by atoms with van der Waals surface area (Å²) in [6.07, 6.45) is 1.40. The topological polar surface area (TPSA) is 95.5 Å². The largest absolute Gasteiger partial charge is 0.545 e. The van der Waals surface area contributed by atoms with Crippen LogP contribution in [-0.2, 0) is 14.3 Å². The zero-order valence-corrected chi connectivity index (χ0v) is 10.2. The molecule has 1 aromatic carbocycles. The first-order chi connectivity index (χ1) is 9.04. The number of hydrogen-bond donors (Lipinski definition) is 1. The molecule has 1 amide bonds. The summed E-state index contributed by atoms with van der Waals surface area (Å²) in [5.74, 6) is -2.72. The molecular weight excluding hydrogens is 250 g/mol. The van der Waals surface area contributed by atoms with Gasteiger partial charge in [-0.2, -0.15) is 0 Å². The Morgan fingerprint density at radius 3 is 2.58 bits per heavy atom. The molecule has 6 nitrogen and oxygen atoms in total. The fourth-order valence-corrected chi connectivity index (χ4v) is 1.30. The summed E-state index contributed by atoms with van der Waals surface area (Å²) in [5.41, 5.74) is 0.438. The van der Waals surface area contributed by atoms with Crippen molar-refractivity contribution < 1.29 is 24.2 Å². The van der Waals surface area contributed by atoms with Gasteiger partial charge in [0.1, 0.15) is 0 Å². The minimum atomic E-state index is -1.48. The highest BCUT2D eigenvalue weighted by atomic mass is 16.5. The van der Waals surface area contributed by atoms with Gasteiger partial charge in [-0.15, -0.1) is 0 Å². The van der Waals surface area contributed by atoms with Crippen molar-refractivity contribution in [1.82, 2.24) is 0 Å². The van der Waals surface area contributed by atoms with E-state index < -0.39 is 17.8 Å². The number of carbonyl (C=O) groups is 3. The third-order valence-corrected chi connectivity index (χ3v) is 2.05. The Balaban J connectivity index is 2.86. The Kier molecular flexibility index (Phi) is 5.28. The summed E-state index contributed by atoms with van der Waals surface area (Å²) in [4.78, 5) is 33.2. The van der Waals surface area contributed by atoms with Crippen molar-refractivity contribution in [1.29, 1.82) is 0 Å². The van der Waals surface area contributed by atoms with E-state index in [1.807, 2.05) is 0 Å². The number of esters is 1. The van der Waals surface area contributed by atoms with Crippen LogP contribution in [0.1, 0.15) is 17.3 Å². The number of hydrogen-bond acceptors (Lipinski definition) is 5. The SMILES string of the molecule is CCOC(=O)c1ccccc1NC(=O)C=CC(=O)[O-]. The van der Waals surface area contributed by atoms with Gasteiger partial charge in [0, 0.05) is 6.08 Å². The Morgan fingerprint density at radius 2 is 1.95 bits per heavy atom. The Morgan fingerprint density at radius 1 is 1.26 bits per heavy atom. The first kappa shape index (κ1) is 14.4. The van der Waals surface area contributed by atoms with E-state index in [1.165, 1.54) is 12.1 Å². The summed E-state index contributed by atoms with van der Waals surface area (Å²) in [6, 6.07) is 6.26. The minimum Gasteiger partial charge on any atom is -0.545 e. The number of carboxylic acids is 1. The fourth-order valence-electron chi connectivity index (χ4n) is 1.30. The molecule has 6 heteroatoms. The summed E-state index contributed by atoms with van der Waals surface area (Å²) in [5, 5.41) is 12.6. The Hall–Kier alpha value is -2.63. The number of rotatable bonds is 5. The molecule has 0 bridgehead atoms. The van der Waals surface area contributed by atoms with Gasteiger partial charge in [-0.1, -0.05) is 12.1 Å². The van der Waals surface area contributed by atoms with E-state index in [4.69, 9.17) is 4.74 Å². The smallest absolute Gasteiger partial charge is 0.340 e. The molecule has 0 aliphatic rings. The highest BCUT2D eigenvalue weighted by molar-refractivity contribution is 6.06. The summed E-state index contributed by atoms with van der Waals surface area (Å²) in [7, 11) is 0. The van der Waals surface area contributed by atoms with Crippen LogP contribution in [0.15, 0.2) is 36.4 Å². The van der Waals surface area contributed by atoms with Gasteiger partial charge in [0.2, 0.25) is 5.91 Å². The van der Waals surface area contributed by atoms with E-state index >= 15 is 0 Å². The molecule has 0 aliphatic carbocycles. The average molecular weight is 262 g/mol. The minimum absolute atomic E-state index is 0.194. The number of nitrogens with one attached hydrogen (secondary N) is 1. The van der Waals surface area contributed by atoms with Crippen molar-refractivity contribution in [2.24, 2.45) is 0 Å². The standard InChI is InChI=1S/C13H13NO5/c1-2-19-13(18)9-5-3-4-6-10(9)14-11(15)7-8-12(16)17/h3-8H,2H2,1H3,(H,14,15)(H,16,17)/p-1. The molecular formula is C13H12NO5-. The maximum atomic E-state index is 11.6. The van der Waals surface area contributed by atoms with Crippen LogP contribution in [0.4, 0.5) is 5.69 Å². The van der Waals surface area contributed by atoms with Gasteiger partial charge >= 0.3 is 5.97 Å². The van der Waals surface area contributed by atoms with Crippen LogP contribution in [0.3, 0.4) is 0 Å². The molecule has 0 saturated carbocycles. The van der Waals surface area contributed by atoms with Gasteiger partial charge in [-0.3, -0.25) is 4.79 Å². The zero-order chi connectivity index (χ0) is 14.3. The molecule has 19 heavy (non-hydrogen) atoms. The van der Waals surface area contributed by atoms with Crippen LogP contribution in [-0.4, -0.2) is 24.5 Å². The van der Waals surface area contributed by atoms with E-state index in [9.17, 15) is 19.5 Å². The summed E-state index contributed by atoms with van der Waals surface area (Å²) >= 11 is 0. The van der Waals surface area contributed by atoms with Gasteiger partial charge < -0.3 is 20.0 Å². The lowest BCUT2D eigenvalue weighted by molar-refractivity contribution is -0.297. The van der Waals surface area contributed by atoms with Crippen molar-refractivity contribution in [2.45, 2.75) is 6.92 Å². The van der Waals surface area contributed by atoms with Crippen molar-refractivity contribution in [3.05, 3.63) is 42.0 Å². The maximum Gasteiger partial charge on any atom is 0.340 e. The number of amides is 1. The highest BCUT2D eigenvalue weighted by Crippen LogP contribution is 2.16. The van der Waals surface area contributed by atoms with Crippen molar-refractivity contribution in [2.75, 3.05) is 11.9 Å². The van der Waals surface area contributed by atoms with E-state index in [0.717, 1.165) is 6.08 Å². The predicted molar refractivity (Wildman–Crippen MR) is 65.2 cm³/mol. The van der Waals surface area contributed by atoms with Gasteiger partial charge in [-0.05, 0) is 25.1 Å². The molecule has 0 unspecified atom stereocenters. The maximum absolute atomic E-state index is 11.6. The number of para-hydroxylation sites is 1. The molecule has 0 aliphatic heterocycles. The van der Waals surface area contributed by atoms with Gasteiger partial charge in [0.15, 0.2) is 0 Å². The first-order valence-electron chi connectivity index (χ1n) is 5.50. The number of anilines is 1. The van der Waals surface area contributed by atoms with Crippen LogP contribution >= 0.6 is 0 Å². The lowest BCUT2D eigenvalue weighted by atomic mass is 10.2. The normalized spacial score (nSPS) is 10.2. The van der Waals surface area contributed by atoms with Crippen LogP contribution < -0.4 is 10.4 Å². The van der Waals surface area contributed by atoms with Crippen molar-refractivity contribution >= 4 is 23.5 Å². The molecule has 0 atom stereocenters. The molecule has 0 heterocycles. The van der Waals surface area contributed by atoms with Gasteiger partial charge in [0.05, 0.1) is 23.8 Å². The van der Waals surface area contributed by atoms with E-state index in [-0.39, 0.29) is 17.9 Å². The average Bonchev–Trinajstić information content (AvgIpc) is 2.37. The molecule has 1 rings (SSSR count). The van der Waals surface area contributed by atoms with Gasteiger partial charge in [-0.25, -0.2) is 4.79 Å². The second kappa shape index (κ2) is 6.95. The quantitative estimate of drug-likeness (QED) is 0.600. The molecule has 100 valence electrons. The van der Waals surface area contributed by atoms with Crippen LogP contribution in [0.2, 0.25) is 0 Å². The monoisotopic (exact) mass is 262 g/mol. The number of benzene rings is 1. The zero-order valence-electron chi connectivity index (χ0n) is 10.2. The number of carbonyl (C=O) groups excluding carboxylic acids is 3. The first-order valence-corrected chi connectivity index (χ1v) is 5.50. The summed E-state index contributed by atoms with van der Waals surface area (Å²) in [6.45, 7) is 1.88. The number of ether oxygens (including phenoxy) is 1. The number of carboxylic acid groups (broad SMARTS) is 1. The molecule has 0 radical (unpaired) electrons.